The second kappa shape index (κ2) is 7.34. The summed E-state index contributed by atoms with van der Waals surface area (Å²) in [5.74, 6) is 0.206. The number of Topliss-reactive ketones (excluding diaryl/α,β-unsaturated/α-hetero) is 1. The number of dihydropyridines is 1. The zero-order valence-corrected chi connectivity index (χ0v) is 17.3. The van der Waals surface area contributed by atoms with Crippen LogP contribution in [0.2, 0.25) is 0 Å². The number of hydrogen-bond donors (Lipinski definition) is 1. The fraction of sp³-hybridized carbons (Fsp3) is 0.455. The van der Waals surface area contributed by atoms with Crippen molar-refractivity contribution in [2.45, 2.75) is 39.5 Å². The first-order chi connectivity index (χ1) is 13.2. The van der Waals surface area contributed by atoms with Crippen molar-refractivity contribution in [2.24, 2.45) is 5.41 Å². The molecule has 1 aromatic rings. The molecule has 1 aromatic carbocycles. The van der Waals surface area contributed by atoms with Crippen LogP contribution in [0.5, 0.6) is 11.5 Å². The number of rotatable bonds is 4. The number of esters is 1. The number of nitrogens with one attached hydrogen (secondary N) is 1. The summed E-state index contributed by atoms with van der Waals surface area (Å²) in [7, 11) is 4.50. The van der Waals surface area contributed by atoms with Gasteiger partial charge in [-0.2, -0.15) is 0 Å². The summed E-state index contributed by atoms with van der Waals surface area (Å²) in [6.45, 7) is 5.99. The molecule has 0 bridgehead atoms. The number of hydrogen-bond acceptors (Lipinski definition) is 6. The molecule has 0 radical (unpaired) electrons. The van der Waals surface area contributed by atoms with Crippen LogP contribution in [0.3, 0.4) is 0 Å². The van der Waals surface area contributed by atoms with Gasteiger partial charge in [-0.1, -0.05) is 13.8 Å². The number of carbonyl (C=O) groups excluding carboxylic acids is 2. The van der Waals surface area contributed by atoms with Crippen LogP contribution in [0.1, 0.15) is 45.1 Å². The summed E-state index contributed by atoms with van der Waals surface area (Å²) < 4.78 is 16.0. The van der Waals surface area contributed by atoms with Crippen molar-refractivity contribution in [3.63, 3.8) is 0 Å². The number of carbonyl (C=O) groups is 2. The van der Waals surface area contributed by atoms with Crippen molar-refractivity contribution in [2.75, 3.05) is 21.3 Å². The van der Waals surface area contributed by atoms with E-state index in [0.29, 0.717) is 40.3 Å². The summed E-state index contributed by atoms with van der Waals surface area (Å²) in [5, 5.41) is 3.30. The SMILES string of the molecule is COC(=O)C1=C(C)NC2=C(C(=O)CC(C)(C)C2)C1c1cc(OC)ccc1OC. The van der Waals surface area contributed by atoms with Crippen molar-refractivity contribution < 1.29 is 23.8 Å². The second-order valence-electron chi connectivity index (χ2n) is 8.03. The molecule has 0 amide bonds. The normalized spacial score (nSPS) is 21.1. The topological polar surface area (TPSA) is 73.9 Å². The third kappa shape index (κ3) is 3.39. The van der Waals surface area contributed by atoms with E-state index in [4.69, 9.17) is 14.2 Å². The van der Waals surface area contributed by atoms with Gasteiger partial charge in [-0.25, -0.2) is 4.79 Å². The van der Waals surface area contributed by atoms with Crippen molar-refractivity contribution >= 4 is 11.8 Å². The van der Waals surface area contributed by atoms with Crippen LogP contribution >= 0.6 is 0 Å². The first kappa shape index (κ1) is 20.0. The third-order valence-electron chi connectivity index (χ3n) is 5.39. The van der Waals surface area contributed by atoms with Crippen LogP contribution in [0.4, 0.5) is 0 Å². The Morgan fingerprint density at radius 1 is 1.14 bits per heavy atom. The molecule has 2 aliphatic rings. The number of methoxy groups -OCH3 is 3. The Kier molecular flexibility index (Phi) is 5.24. The van der Waals surface area contributed by atoms with E-state index in [1.54, 1.807) is 26.4 Å². The van der Waals surface area contributed by atoms with E-state index < -0.39 is 11.9 Å². The average Bonchev–Trinajstić information content (AvgIpc) is 2.64. The molecule has 0 spiro atoms. The highest BCUT2D eigenvalue weighted by Gasteiger charge is 2.44. The maximum atomic E-state index is 13.2. The molecule has 1 N–H and O–H groups in total. The second-order valence-corrected chi connectivity index (χ2v) is 8.03. The summed E-state index contributed by atoms with van der Waals surface area (Å²) in [5.41, 5.74) is 3.14. The molecule has 0 aromatic heterocycles. The van der Waals surface area contributed by atoms with Crippen LogP contribution in [0, 0.1) is 5.41 Å². The first-order valence-corrected chi connectivity index (χ1v) is 9.26. The molecule has 28 heavy (non-hydrogen) atoms. The highest BCUT2D eigenvalue weighted by atomic mass is 16.5. The predicted molar refractivity (Wildman–Crippen MR) is 105 cm³/mol. The molecule has 6 heteroatoms. The highest BCUT2D eigenvalue weighted by Crippen LogP contribution is 2.49. The minimum absolute atomic E-state index is 0.0301. The molecule has 0 saturated heterocycles. The molecular formula is C22H27NO5. The zero-order chi connectivity index (χ0) is 20.6. The number of allylic oxidation sites excluding steroid dienone is 3. The maximum absolute atomic E-state index is 13.2. The lowest BCUT2D eigenvalue weighted by atomic mass is 9.68. The van der Waals surface area contributed by atoms with Crippen LogP contribution < -0.4 is 14.8 Å². The smallest absolute Gasteiger partial charge is 0.336 e. The molecule has 6 nitrogen and oxygen atoms in total. The molecule has 1 unspecified atom stereocenters. The van der Waals surface area contributed by atoms with Gasteiger partial charge in [-0.15, -0.1) is 0 Å². The highest BCUT2D eigenvalue weighted by molar-refractivity contribution is 6.04. The maximum Gasteiger partial charge on any atom is 0.336 e. The van der Waals surface area contributed by atoms with Gasteiger partial charge in [0.25, 0.3) is 0 Å². The standard InChI is InChI=1S/C22H27NO5/c1-12-18(21(25)28-6)19(14-9-13(26-4)7-8-17(14)27-5)20-15(23-12)10-22(2,3)11-16(20)24/h7-9,19,23H,10-11H2,1-6H3. The molecule has 150 valence electrons. The van der Waals surface area contributed by atoms with Crippen LogP contribution in [-0.2, 0) is 14.3 Å². The Bertz CT molecular complexity index is 894. The monoisotopic (exact) mass is 385 g/mol. The molecule has 3 rings (SSSR count). The van der Waals surface area contributed by atoms with Gasteiger partial charge in [0.05, 0.1) is 32.8 Å². The largest absolute Gasteiger partial charge is 0.497 e. The van der Waals surface area contributed by atoms with Crippen molar-refractivity contribution in [3.8, 4) is 11.5 Å². The average molecular weight is 385 g/mol. The Morgan fingerprint density at radius 2 is 1.86 bits per heavy atom. The van der Waals surface area contributed by atoms with Gasteiger partial charge in [0.15, 0.2) is 5.78 Å². The lowest BCUT2D eigenvalue weighted by molar-refractivity contribution is -0.136. The quantitative estimate of drug-likeness (QED) is 0.800. The van der Waals surface area contributed by atoms with E-state index in [1.165, 1.54) is 7.11 Å². The van der Waals surface area contributed by atoms with E-state index in [-0.39, 0.29) is 11.2 Å². The molecule has 0 fully saturated rings. The summed E-state index contributed by atoms with van der Waals surface area (Å²) in [4.78, 5) is 25.9. The van der Waals surface area contributed by atoms with Gasteiger partial charge in [-0.05, 0) is 37.0 Å². The van der Waals surface area contributed by atoms with E-state index in [2.05, 4.69) is 19.2 Å². The number of ether oxygens (including phenoxy) is 3. The van der Waals surface area contributed by atoms with Crippen LogP contribution in [0.15, 0.2) is 40.7 Å². The predicted octanol–water partition coefficient (Wildman–Crippen LogP) is 3.48. The third-order valence-corrected chi connectivity index (χ3v) is 5.39. The van der Waals surface area contributed by atoms with E-state index in [1.807, 2.05) is 13.0 Å². The Morgan fingerprint density at radius 3 is 2.46 bits per heavy atom. The van der Waals surface area contributed by atoms with Gasteiger partial charge in [0.1, 0.15) is 11.5 Å². The lowest BCUT2D eigenvalue weighted by Crippen LogP contribution is -2.38. The minimum atomic E-state index is -0.572. The summed E-state index contributed by atoms with van der Waals surface area (Å²) in [6.07, 6.45) is 1.15. The first-order valence-electron chi connectivity index (χ1n) is 9.26. The van der Waals surface area contributed by atoms with Crippen LogP contribution in [0.25, 0.3) is 0 Å². The summed E-state index contributed by atoms with van der Waals surface area (Å²) in [6, 6.07) is 5.40. The number of ketones is 1. The lowest BCUT2D eigenvalue weighted by Gasteiger charge is -2.39. The zero-order valence-electron chi connectivity index (χ0n) is 17.3. The van der Waals surface area contributed by atoms with Gasteiger partial charge in [0.2, 0.25) is 0 Å². The molecule has 1 aliphatic carbocycles. The van der Waals surface area contributed by atoms with Gasteiger partial charge >= 0.3 is 5.97 Å². The summed E-state index contributed by atoms with van der Waals surface area (Å²) >= 11 is 0. The van der Waals surface area contributed by atoms with Crippen molar-refractivity contribution in [1.82, 2.24) is 5.32 Å². The fourth-order valence-corrected chi connectivity index (χ4v) is 4.19. The molecule has 0 saturated carbocycles. The number of benzene rings is 1. The molecular weight excluding hydrogens is 358 g/mol. The van der Waals surface area contributed by atoms with Crippen LogP contribution in [-0.4, -0.2) is 33.1 Å². The Hall–Kier alpha value is -2.76. The molecule has 1 atom stereocenters. The molecule has 1 aliphatic heterocycles. The minimum Gasteiger partial charge on any atom is -0.497 e. The molecule has 1 heterocycles. The fourth-order valence-electron chi connectivity index (χ4n) is 4.19. The van der Waals surface area contributed by atoms with E-state index >= 15 is 0 Å². The van der Waals surface area contributed by atoms with E-state index in [9.17, 15) is 9.59 Å². The van der Waals surface area contributed by atoms with Crippen molar-refractivity contribution in [3.05, 3.63) is 46.3 Å². The van der Waals surface area contributed by atoms with Gasteiger partial charge in [-0.3, -0.25) is 4.79 Å². The van der Waals surface area contributed by atoms with Crippen molar-refractivity contribution in [1.29, 1.82) is 0 Å². The van der Waals surface area contributed by atoms with E-state index in [0.717, 1.165) is 12.1 Å². The van der Waals surface area contributed by atoms with Gasteiger partial charge < -0.3 is 19.5 Å². The Balaban J connectivity index is 2.28. The Labute approximate surface area is 165 Å². The van der Waals surface area contributed by atoms with Gasteiger partial charge in [0, 0.05) is 29.0 Å².